The van der Waals surface area contributed by atoms with Crippen molar-refractivity contribution < 1.29 is 14.1 Å². The Morgan fingerprint density at radius 2 is 2.25 bits per heavy atom. The first-order valence-electron chi connectivity index (χ1n) is 8.13. The van der Waals surface area contributed by atoms with Crippen LogP contribution in [0.25, 0.3) is 16.3 Å². The first-order chi connectivity index (χ1) is 13.5. The molecule has 0 saturated carbocycles. The molecule has 4 aromatic rings. The number of furan rings is 1. The minimum Gasteiger partial charge on any atom is -0.455 e. The maximum Gasteiger partial charge on any atom is 0.290 e. The van der Waals surface area contributed by atoms with E-state index < -0.39 is 4.92 Å². The van der Waals surface area contributed by atoms with Crippen molar-refractivity contribution >= 4 is 34.1 Å². The zero-order valence-electron chi connectivity index (χ0n) is 14.5. The molecular formula is C18H13N5O4S. The summed E-state index contributed by atoms with van der Waals surface area (Å²) in [5.41, 5.74) is 4.05. The van der Waals surface area contributed by atoms with Crippen LogP contribution >= 0.6 is 11.3 Å². The van der Waals surface area contributed by atoms with Crippen LogP contribution in [0.3, 0.4) is 0 Å². The van der Waals surface area contributed by atoms with E-state index in [9.17, 15) is 14.9 Å². The highest BCUT2D eigenvalue weighted by atomic mass is 32.1. The lowest BCUT2D eigenvalue weighted by Gasteiger charge is -1.99. The van der Waals surface area contributed by atoms with E-state index in [0.717, 1.165) is 4.96 Å². The van der Waals surface area contributed by atoms with Crippen LogP contribution in [-0.4, -0.2) is 26.4 Å². The zero-order chi connectivity index (χ0) is 19.7. The number of imidazole rings is 1. The predicted molar refractivity (Wildman–Crippen MR) is 104 cm³/mol. The first-order valence-corrected chi connectivity index (χ1v) is 9.01. The number of aromatic nitrogens is 2. The van der Waals surface area contributed by atoms with Crippen molar-refractivity contribution in [3.05, 3.63) is 75.2 Å². The number of hydrogen-bond donors (Lipinski definition) is 1. The SMILES string of the molecule is Cc1nc2sccn2c1C(=O)N/N=C/c1ccc(-c2cccc([N+](=O)[O-])c2)o1. The molecule has 28 heavy (non-hydrogen) atoms. The van der Waals surface area contributed by atoms with Crippen molar-refractivity contribution in [1.82, 2.24) is 14.8 Å². The number of carbonyl (C=O) groups excluding carboxylic acids is 1. The van der Waals surface area contributed by atoms with Gasteiger partial charge in [-0.3, -0.25) is 19.3 Å². The molecule has 3 heterocycles. The van der Waals surface area contributed by atoms with E-state index in [1.54, 1.807) is 41.8 Å². The third-order valence-electron chi connectivity index (χ3n) is 3.98. The van der Waals surface area contributed by atoms with Gasteiger partial charge < -0.3 is 4.42 Å². The van der Waals surface area contributed by atoms with Gasteiger partial charge in [0.25, 0.3) is 11.6 Å². The molecule has 0 atom stereocenters. The quantitative estimate of drug-likeness (QED) is 0.315. The van der Waals surface area contributed by atoms with Crippen molar-refractivity contribution in [3.63, 3.8) is 0 Å². The third-order valence-corrected chi connectivity index (χ3v) is 4.73. The second kappa shape index (κ2) is 7.08. The van der Waals surface area contributed by atoms with E-state index in [2.05, 4.69) is 15.5 Å². The van der Waals surface area contributed by atoms with Gasteiger partial charge in [-0.15, -0.1) is 11.3 Å². The summed E-state index contributed by atoms with van der Waals surface area (Å²) in [6, 6.07) is 9.47. The molecule has 1 aromatic carbocycles. The minimum atomic E-state index is -0.465. The average molecular weight is 395 g/mol. The minimum absolute atomic E-state index is 0.0210. The number of thiazole rings is 1. The van der Waals surface area contributed by atoms with Crippen LogP contribution in [0.2, 0.25) is 0 Å². The van der Waals surface area contributed by atoms with Gasteiger partial charge in [-0.05, 0) is 19.1 Å². The summed E-state index contributed by atoms with van der Waals surface area (Å²) < 4.78 is 7.33. The lowest BCUT2D eigenvalue weighted by atomic mass is 10.1. The molecule has 0 unspecified atom stereocenters. The topological polar surface area (TPSA) is 115 Å². The van der Waals surface area contributed by atoms with Gasteiger partial charge in [0.1, 0.15) is 17.2 Å². The number of hydrazone groups is 1. The lowest BCUT2D eigenvalue weighted by molar-refractivity contribution is -0.384. The van der Waals surface area contributed by atoms with Gasteiger partial charge in [-0.25, -0.2) is 10.4 Å². The number of nitro groups is 1. The van der Waals surface area contributed by atoms with Gasteiger partial charge in [0.2, 0.25) is 0 Å². The molecule has 0 bridgehead atoms. The molecule has 1 N–H and O–H groups in total. The summed E-state index contributed by atoms with van der Waals surface area (Å²) in [6.45, 7) is 1.76. The van der Waals surface area contributed by atoms with Crippen molar-refractivity contribution in [1.29, 1.82) is 0 Å². The monoisotopic (exact) mass is 395 g/mol. The Morgan fingerprint density at radius 1 is 1.39 bits per heavy atom. The number of hydrogen-bond acceptors (Lipinski definition) is 7. The molecule has 0 saturated heterocycles. The first kappa shape index (κ1) is 17.6. The van der Waals surface area contributed by atoms with Crippen LogP contribution < -0.4 is 5.43 Å². The van der Waals surface area contributed by atoms with E-state index in [1.807, 2.05) is 5.38 Å². The van der Waals surface area contributed by atoms with Crippen LogP contribution in [0.15, 0.2) is 57.5 Å². The number of nitrogens with zero attached hydrogens (tertiary/aromatic N) is 4. The van der Waals surface area contributed by atoms with Crippen LogP contribution in [-0.2, 0) is 0 Å². The zero-order valence-corrected chi connectivity index (χ0v) is 15.3. The number of aryl methyl sites for hydroxylation is 1. The number of fused-ring (bicyclic) bond motifs is 1. The molecule has 0 aliphatic carbocycles. The second-order valence-corrected chi connectivity index (χ2v) is 6.68. The fourth-order valence-electron chi connectivity index (χ4n) is 2.73. The summed E-state index contributed by atoms with van der Waals surface area (Å²) in [6.07, 6.45) is 3.14. The summed E-state index contributed by atoms with van der Waals surface area (Å²) in [4.78, 5) is 27.9. The highest BCUT2D eigenvalue weighted by molar-refractivity contribution is 7.15. The maximum absolute atomic E-state index is 12.4. The van der Waals surface area contributed by atoms with Crippen molar-refractivity contribution in [2.75, 3.05) is 0 Å². The number of benzene rings is 1. The van der Waals surface area contributed by atoms with E-state index in [4.69, 9.17) is 4.42 Å². The Morgan fingerprint density at radius 3 is 3.07 bits per heavy atom. The molecule has 3 aromatic heterocycles. The van der Waals surface area contributed by atoms with E-state index in [0.29, 0.717) is 28.5 Å². The molecule has 10 heteroatoms. The number of nitro benzene ring substituents is 1. The van der Waals surface area contributed by atoms with Gasteiger partial charge in [0, 0.05) is 29.3 Å². The van der Waals surface area contributed by atoms with Gasteiger partial charge in [0.15, 0.2) is 4.96 Å². The molecule has 4 rings (SSSR count). The summed E-state index contributed by atoms with van der Waals surface area (Å²) >= 11 is 1.44. The van der Waals surface area contributed by atoms with Gasteiger partial charge >= 0.3 is 0 Å². The van der Waals surface area contributed by atoms with Crippen molar-refractivity contribution in [3.8, 4) is 11.3 Å². The predicted octanol–water partition coefficient (Wildman–Crippen LogP) is 3.64. The normalized spacial score (nSPS) is 11.3. The van der Waals surface area contributed by atoms with Gasteiger partial charge in [0.05, 0.1) is 16.8 Å². The Labute approximate surface area is 162 Å². The molecule has 0 spiro atoms. The molecule has 0 aliphatic rings. The maximum atomic E-state index is 12.4. The Kier molecular flexibility index (Phi) is 4.45. The van der Waals surface area contributed by atoms with Crippen molar-refractivity contribution in [2.45, 2.75) is 6.92 Å². The third kappa shape index (κ3) is 3.28. The fraction of sp³-hybridized carbons (Fsp3) is 0.0556. The average Bonchev–Trinajstić information content (AvgIpc) is 3.37. The number of carbonyl (C=O) groups is 1. The number of non-ortho nitro benzene ring substituents is 1. The molecule has 140 valence electrons. The van der Waals surface area contributed by atoms with Crippen LogP contribution in [0.4, 0.5) is 5.69 Å². The molecule has 0 radical (unpaired) electrons. The molecule has 0 aliphatic heterocycles. The molecule has 0 fully saturated rings. The number of rotatable bonds is 5. The van der Waals surface area contributed by atoms with E-state index in [1.165, 1.54) is 29.7 Å². The number of amides is 1. The van der Waals surface area contributed by atoms with Gasteiger partial charge in [-0.1, -0.05) is 12.1 Å². The fourth-order valence-corrected chi connectivity index (χ4v) is 3.48. The molecule has 9 nitrogen and oxygen atoms in total. The summed E-state index contributed by atoms with van der Waals surface area (Å²) in [5, 5.41) is 16.7. The van der Waals surface area contributed by atoms with E-state index >= 15 is 0 Å². The smallest absolute Gasteiger partial charge is 0.290 e. The standard InChI is InChI=1S/C18H13N5O4S/c1-11-16(22-7-8-28-18(22)20-11)17(24)21-19-10-14-5-6-15(27-14)12-3-2-4-13(9-12)23(25)26/h2-10H,1H3,(H,21,24)/b19-10+. The number of nitrogens with one attached hydrogen (secondary N) is 1. The lowest BCUT2D eigenvalue weighted by Crippen LogP contribution is -2.20. The molecule has 1 amide bonds. The van der Waals surface area contributed by atoms with Crippen LogP contribution in [0.1, 0.15) is 21.9 Å². The highest BCUT2D eigenvalue weighted by Gasteiger charge is 2.16. The van der Waals surface area contributed by atoms with Crippen molar-refractivity contribution in [2.24, 2.45) is 5.10 Å². The van der Waals surface area contributed by atoms with Gasteiger partial charge in [-0.2, -0.15) is 5.10 Å². The van der Waals surface area contributed by atoms with Crippen LogP contribution in [0, 0.1) is 17.0 Å². The molecular weight excluding hydrogens is 382 g/mol. The van der Waals surface area contributed by atoms with Crippen LogP contribution in [0.5, 0.6) is 0 Å². The highest BCUT2D eigenvalue weighted by Crippen LogP contribution is 2.25. The summed E-state index contributed by atoms with van der Waals surface area (Å²) in [5.74, 6) is 0.473. The second-order valence-electron chi connectivity index (χ2n) is 5.81. The largest absolute Gasteiger partial charge is 0.455 e. The van der Waals surface area contributed by atoms with E-state index in [-0.39, 0.29) is 11.6 Å². The summed E-state index contributed by atoms with van der Waals surface area (Å²) in [7, 11) is 0. The Bertz CT molecular complexity index is 1220. The Hall–Kier alpha value is -3.79. The Balaban J connectivity index is 1.48.